The zero-order chi connectivity index (χ0) is 24.0. The Morgan fingerprint density at radius 3 is 2.15 bits per heavy atom. The third-order valence-electron chi connectivity index (χ3n) is 4.69. The van der Waals surface area contributed by atoms with Crippen molar-refractivity contribution in [2.45, 2.75) is 17.9 Å². The topological polar surface area (TPSA) is 110 Å². The first-order valence-electron chi connectivity index (χ1n) is 9.81. The maximum atomic E-state index is 13.3. The Bertz CT molecular complexity index is 1250. The van der Waals surface area contributed by atoms with Gasteiger partial charge >= 0.3 is 0 Å². The fraction of sp³-hybridized carbons (Fsp3) is 0.130. The molecule has 3 N–H and O–H groups in total. The van der Waals surface area contributed by atoms with E-state index >= 15 is 0 Å². The second-order valence-corrected chi connectivity index (χ2v) is 9.99. The highest BCUT2D eigenvalue weighted by Crippen LogP contribution is 2.23. The van der Waals surface area contributed by atoms with E-state index in [1.54, 1.807) is 48.5 Å². The van der Waals surface area contributed by atoms with E-state index in [0.717, 1.165) is 4.31 Å². The number of benzene rings is 3. The van der Waals surface area contributed by atoms with Gasteiger partial charge in [-0.2, -0.15) is 4.31 Å². The quantitative estimate of drug-likeness (QED) is 0.460. The summed E-state index contributed by atoms with van der Waals surface area (Å²) in [4.78, 5) is 23.8. The molecular weight excluding hydrogens is 485 g/mol. The van der Waals surface area contributed by atoms with Gasteiger partial charge in [0.2, 0.25) is 21.8 Å². The van der Waals surface area contributed by atoms with Crippen LogP contribution in [-0.4, -0.2) is 31.1 Å². The van der Waals surface area contributed by atoms with Crippen molar-refractivity contribution in [3.8, 4) is 0 Å². The van der Waals surface area contributed by atoms with Crippen molar-refractivity contribution in [3.05, 3.63) is 94.0 Å². The van der Waals surface area contributed by atoms with Crippen LogP contribution in [0.25, 0.3) is 0 Å². The van der Waals surface area contributed by atoms with Gasteiger partial charge in [0.15, 0.2) is 0 Å². The van der Waals surface area contributed by atoms with Crippen LogP contribution in [0.5, 0.6) is 0 Å². The molecule has 3 aromatic rings. The molecule has 0 atom stereocenters. The predicted molar refractivity (Wildman–Crippen MR) is 128 cm³/mol. The lowest BCUT2D eigenvalue weighted by atomic mass is 10.1. The first kappa shape index (κ1) is 24.7. The highest BCUT2D eigenvalue weighted by atomic mass is 35.5. The van der Waals surface area contributed by atoms with E-state index in [2.05, 4.69) is 5.32 Å². The Morgan fingerprint density at radius 1 is 0.909 bits per heavy atom. The molecule has 3 aromatic carbocycles. The van der Waals surface area contributed by atoms with Gasteiger partial charge in [-0.25, -0.2) is 8.42 Å². The summed E-state index contributed by atoms with van der Waals surface area (Å²) in [5, 5.41) is 3.45. The number of carbonyl (C=O) groups excluding carboxylic acids is 2. The molecule has 0 saturated heterocycles. The zero-order valence-corrected chi connectivity index (χ0v) is 19.7. The van der Waals surface area contributed by atoms with Crippen molar-refractivity contribution >= 4 is 50.7 Å². The van der Waals surface area contributed by atoms with E-state index in [0.29, 0.717) is 26.9 Å². The van der Waals surface area contributed by atoms with Gasteiger partial charge < -0.3 is 11.1 Å². The number of nitrogens with two attached hydrogens (primary N) is 1. The van der Waals surface area contributed by atoms with Crippen molar-refractivity contribution in [1.29, 1.82) is 0 Å². The first-order valence-corrected chi connectivity index (χ1v) is 12.0. The fourth-order valence-electron chi connectivity index (χ4n) is 3.07. The SMILES string of the molecule is NC(=O)Cc1ccc(NC(=O)CN(Cc2ccccc2Cl)S(=O)(=O)c2ccc(Cl)cc2)cc1. The predicted octanol–water partition coefficient (Wildman–Crippen LogP) is 3.85. The van der Waals surface area contributed by atoms with Gasteiger partial charge in [-0.15, -0.1) is 0 Å². The summed E-state index contributed by atoms with van der Waals surface area (Å²) in [7, 11) is -4.04. The normalized spacial score (nSPS) is 11.4. The summed E-state index contributed by atoms with van der Waals surface area (Å²) in [6.07, 6.45) is 0.0825. The molecule has 0 aliphatic carbocycles. The monoisotopic (exact) mass is 505 g/mol. The summed E-state index contributed by atoms with van der Waals surface area (Å²) in [6.45, 7) is -0.547. The van der Waals surface area contributed by atoms with Gasteiger partial charge in [-0.1, -0.05) is 53.5 Å². The molecule has 172 valence electrons. The van der Waals surface area contributed by atoms with Crippen molar-refractivity contribution in [2.75, 3.05) is 11.9 Å². The molecule has 0 heterocycles. The van der Waals surface area contributed by atoms with E-state index in [4.69, 9.17) is 28.9 Å². The molecule has 0 aromatic heterocycles. The standard InChI is InChI=1S/C23H21Cl2N3O4S/c24-18-7-11-20(12-8-18)33(31,32)28(14-17-3-1-2-4-21(17)25)15-23(30)27-19-9-5-16(6-10-19)13-22(26)29/h1-12H,13-15H2,(H2,26,29)(H,27,30). The van der Waals surface area contributed by atoms with Crippen LogP contribution in [0.2, 0.25) is 10.0 Å². The lowest BCUT2D eigenvalue weighted by molar-refractivity contribution is -0.117. The average molecular weight is 506 g/mol. The molecule has 0 bridgehead atoms. The van der Waals surface area contributed by atoms with E-state index in [1.807, 2.05) is 0 Å². The largest absolute Gasteiger partial charge is 0.369 e. The number of nitrogens with one attached hydrogen (secondary N) is 1. The van der Waals surface area contributed by atoms with E-state index in [-0.39, 0.29) is 17.9 Å². The van der Waals surface area contributed by atoms with Crippen molar-refractivity contribution in [3.63, 3.8) is 0 Å². The van der Waals surface area contributed by atoms with Gasteiger partial charge in [0, 0.05) is 22.3 Å². The van der Waals surface area contributed by atoms with Gasteiger partial charge in [0.1, 0.15) is 0 Å². The Labute approximate surface area is 202 Å². The molecule has 0 saturated carbocycles. The van der Waals surface area contributed by atoms with Crippen molar-refractivity contribution in [2.24, 2.45) is 5.73 Å². The molecule has 0 fully saturated rings. The second kappa shape index (κ2) is 10.8. The van der Waals surface area contributed by atoms with Gasteiger partial charge in [0.25, 0.3) is 0 Å². The minimum absolute atomic E-state index is 0.00237. The summed E-state index contributed by atoms with van der Waals surface area (Å²) in [5.41, 5.74) is 6.89. The molecule has 2 amide bonds. The number of carbonyl (C=O) groups is 2. The van der Waals surface area contributed by atoms with Crippen LogP contribution in [0.3, 0.4) is 0 Å². The van der Waals surface area contributed by atoms with Crippen LogP contribution in [-0.2, 0) is 32.6 Å². The van der Waals surface area contributed by atoms with Crippen LogP contribution in [0.15, 0.2) is 77.7 Å². The third kappa shape index (κ3) is 6.79. The number of hydrogen-bond acceptors (Lipinski definition) is 4. The highest BCUT2D eigenvalue weighted by Gasteiger charge is 2.27. The van der Waals surface area contributed by atoms with Gasteiger partial charge in [-0.05, 0) is 53.6 Å². The van der Waals surface area contributed by atoms with E-state index in [9.17, 15) is 18.0 Å². The zero-order valence-electron chi connectivity index (χ0n) is 17.4. The molecule has 10 heteroatoms. The molecular formula is C23H21Cl2N3O4S. The average Bonchev–Trinajstić information content (AvgIpc) is 2.76. The lowest BCUT2D eigenvalue weighted by Crippen LogP contribution is -2.37. The van der Waals surface area contributed by atoms with Crippen LogP contribution < -0.4 is 11.1 Å². The molecule has 0 aliphatic rings. The highest BCUT2D eigenvalue weighted by molar-refractivity contribution is 7.89. The van der Waals surface area contributed by atoms with E-state index in [1.165, 1.54) is 24.3 Å². The molecule has 0 radical (unpaired) electrons. The smallest absolute Gasteiger partial charge is 0.243 e. The number of amides is 2. The van der Waals surface area contributed by atoms with E-state index < -0.39 is 28.4 Å². The maximum absolute atomic E-state index is 13.3. The molecule has 7 nitrogen and oxygen atoms in total. The number of anilines is 1. The summed E-state index contributed by atoms with van der Waals surface area (Å²) in [6, 6.07) is 19.1. The van der Waals surface area contributed by atoms with Crippen LogP contribution in [0.4, 0.5) is 5.69 Å². The number of halogens is 2. The number of sulfonamides is 1. The fourth-order valence-corrected chi connectivity index (χ4v) is 4.76. The summed E-state index contributed by atoms with van der Waals surface area (Å²) in [5.74, 6) is -1.00. The van der Waals surface area contributed by atoms with Crippen LogP contribution >= 0.6 is 23.2 Å². The van der Waals surface area contributed by atoms with Gasteiger partial charge in [-0.3, -0.25) is 9.59 Å². The Morgan fingerprint density at radius 2 is 1.55 bits per heavy atom. The molecule has 33 heavy (non-hydrogen) atoms. The Hall–Kier alpha value is -2.91. The van der Waals surface area contributed by atoms with Crippen molar-refractivity contribution < 1.29 is 18.0 Å². The lowest BCUT2D eigenvalue weighted by Gasteiger charge is -2.22. The Kier molecular flexibility index (Phi) is 8.10. The molecule has 0 spiro atoms. The van der Waals surface area contributed by atoms with Crippen LogP contribution in [0, 0.1) is 0 Å². The number of rotatable bonds is 9. The molecule has 0 unspecified atom stereocenters. The van der Waals surface area contributed by atoms with Crippen LogP contribution in [0.1, 0.15) is 11.1 Å². The van der Waals surface area contributed by atoms with Gasteiger partial charge in [0.05, 0.1) is 17.9 Å². The molecule has 3 rings (SSSR count). The third-order valence-corrected chi connectivity index (χ3v) is 7.12. The number of nitrogens with zero attached hydrogens (tertiary/aromatic N) is 1. The maximum Gasteiger partial charge on any atom is 0.243 e. The minimum Gasteiger partial charge on any atom is -0.369 e. The first-order chi connectivity index (χ1) is 15.6. The summed E-state index contributed by atoms with van der Waals surface area (Å²) >= 11 is 12.1. The van der Waals surface area contributed by atoms with Crippen molar-refractivity contribution in [1.82, 2.24) is 4.31 Å². The summed E-state index contributed by atoms with van der Waals surface area (Å²) < 4.78 is 27.7. The number of hydrogen-bond donors (Lipinski definition) is 2. The number of primary amides is 1. The minimum atomic E-state index is -4.04. The second-order valence-electron chi connectivity index (χ2n) is 7.21. The molecule has 0 aliphatic heterocycles. The Balaban J connectivity index is 1.83.